The van der Waals surface area contributed by atoms with E-state index in [1.807, 2.05) is 7.05 Å². The molecule has 2 fully saturated rings. The molecule has 1 aromatic rings. The van der Waals surface area contributed by atoms with Gasteiger partial charge in [-0.1, -0.05) is 26.7 Å². The molecule has 1 N–H and O–H groups in total. The second-order valence-electron chi connectivity index (χ2n) is 6.47. The smallest absolute Gasteiger partial charge is 0.135 e. The Kier molecular flexibility index (Phi) is 3.81. The van der Waals surface area contributed by atoms with E-state index in [-0.39, 0.29) is 0 Å². The molecule has 4 heteroatoms. The van der Waals surface area contributed by atoms with Gasteiger partial charge in [0.05, 0.1) is 0 Å². The van der Waals surface area contributed by atoms with Crippen LogP contribution in [0.4, 0.5) is 11.6 Å². The van der Waals surface area contributed by atoms with Gasteiger partial charge in [-0.05, 0) is 25.2 Å². The van der Waals surface area contributed by atoms with Gasteiger partial charge < -0.3 is 10.2 Å². The zero-order chi connectivity index (χ0) is 14.1. The van der Waals surface area contributed by atoms with Crippen molar-refractivity contribution in [3.05, 3.63) is 11.9 Å². The molecule has 1 saturated heterocycles. The minimum Gasteiger partial charge on any atom is -0.373 e. The number of rotatable bonds is 3. The lowest BCUT2D eigenvalue weighted by Crippen LogP contribution is -2.35. The third-order valence-electron chi connectivity index (χ3n) is 4.81. The molecular weight excluding hydrogens is 248 g/mol. The fourth-order valence-electron chi connectivity index (χ4n) is 3.68. The Morgan fingerprint density at radius 1 is 1.20 bits per heavy atom. The van der Waals surface area contributed by atoms with Crippen molar-refractivity contribution in [1.82, 2.24) is 9.97 Å². The van der Waals surface area contributed by atoms with Crippen LogP contribution in [0.3, 0.4) is 0 Å². The summed E-state index contributed by atoms with van der Waals surface area (Å²) in [6.45, 7) is 5.48. The van der Waals surface area contributed by atoms with Gasteiger partial charge in [0.2, 0.25) is 0 Å². The number of nitrogens with one attached hydrogen (secondary N) is 1. The average Bonchev–Trinajstić information content (AvgIpc) is 2.90. The van der Waals surface area contributed by atoms with Crippen LogP contribution in [0.2, 0.25) is 0 Å². The monoisotopic (exact) mass is 274 g/mol. The van der Waals surface area contributed by atoms with E-state index in [0.29, 0.717) is 12.0 Å². The molecule has 20 heavy (non-hydrogen) atoms. The summed E-state index contributed by atoms with van der Waals surface area (Å²) >= 11 is 0. The van der Waals surface area contributed by atoms with E-state index in [1.165, 1.54) is 32.1 Å². The van der Waals surface area contributed by atoms with Crippen molar-refractivity contribution < 1.29 is 0 Å². The lowest BCUT2D eigenvalue weighted by Gasteiger charge is -2.32. The van der Waals surface area contributed by atoms with Crippen molar-refractivity contribution in [2.45, 2.75) is 57.9 Å². The largest absolute Gasteiger partial charge is 0.373 e. The fourth-order valence-corrected chi connectivity index (χ4v) is 3.68. The Bertz CT molecular complexity index is 472. The van der Waals surface area contributed by atoms with E-state index >= 15 is 0 Å². The van der Waals surface area contributed by atoms with Gasteiger partial charge in [0, 0.05) is 31.6 Å². The zero-order valence-corrected chi connectivity index (χ0v) is 12.9. The molecule has 1 saturated carbocycles. The minimum absolute atomic E-state index is 0.367. The highest BCUT2D eigenvalue weighted by Crippen LogP contribution is 2.38. The molecule has 1 aliphatic heterocycles. The Morgan fingerprint density at radius 2 is 2.00 bits per heavy atom. The molecule has 0 amide bonds. The molecule has 0 aromatic carbocycles. The Balaban J connectivity index is 1.91. The second kappa shape index (κ2) is 5.58. The van der Waals surface area contributed by atoms with Crippen molar-refractivity contribution in [3.8, 4) is 0 Å². The normalized spacial score (nSPS) is 25.9. The molecule has 2 atom stereocenters. The molecule has 0 radical (unpaired) electrons. The van der Waals surface area contributed by atoms with E-state index in [1.54, 1.807) is 0 Å². The highest BCUT2D eigenvalue weighted by atomic mass is 15.2. The van der Waals surface area contributed by atoms with E-state index < -0.39 is 0 Å². The lowest BCUT2D eigenvalue weighted by atomic mass is 9.85. The van der Waals surface area contributed by atoms with Gasteiger partial charge in [-0.3, -0.25) is 0 Å². The van der Waals surface area contributed by atoms with Gasteiger partial charge >= 0.3 is 0 Å². The summed E-state index contributed by atoms with van der Waals surface area (Å²) in [6, 6.07) is 2.83. The first-order valence-corrected chi connectivity index (χ1v) is 8.02. The van der Waals surface area contributed by atoms with Crippen LogP contribution in [-0.4, -0.2) is 29.6 Å². The van der Waals surface area contributed by atoms with Crippen LogP contribution in [0.25, 0.3) is 0 Å². The van der Waals surface area contributed by atoms with Crippen molar-refractivity contribution in [2.24, 2.45) is 5.92 Å². The highest BCUT2D eigenvalue weighted by molar-refractivity contribution is 5.51. The predicted octanol–water partition coefficient (Wildman–Crippen LogP) is 3.41. The number of fused-ring (bicyclic) bond motifs is 1. The average molecular weight is 274 g/mol. The molecule has 2 unspecified atom stereocenters. The molecular formula is C16H26N4. The van der Waals surface area contributed by atoms with Crippen LogP contribution in [-0.2, 0) is 0 Å². The van der Waals surface area contributed by atoms with Crippen LogP contribution in [0.15, 0.2) is 6.07 Å². The summed E-state index contributed by atoms with van der Waals surface area (Å²) in [5.74, 6) is 4.28. The fraction of sp³-hybridized carbons (Fsp3) is 0.750. The van der Waals surface area contributed by atoms with Crippen LogP contribution >= 0.6 is 0 Å². The standard InChI is InChI=1S/C16H26N4/c1-11(2)16-18-14(17-3)10-15(19-16)20-9-8-12-6-4-5-7-13(12)20/h10-13H,4-9H2,1-3H3,(H,17,18,19). The van der Waals surface area contributed by atoms with Crippen LogP contribution in [0.5, 0.6) is 0 Å². The first-order chi connectivity index (χ1) is 9.69. The number of anilines is 2. The molecule has 2 aliphatic rings. The van der Waals surface area contributed by atoms with Gasteiger partial charge in [-0.2, -0.15) is 0 Å². The minimum atomic E-state index is 0.367. The molecule has 3 rings (SSSR count). The third kappa shape index (κ3) is 2.48. The summed E-state index contributed by atoms with van der Waals surface area (Å²) in [7, 11) is 1.93. The van der Waals surface area contributed by atoms with Crippen LogP contribution in [0.1, 0.15) is 57.7 Å². The number of hydrogen-bond donors (Lipinski definition) is 1. The van der Waals surface area contributed by atoms with Crippen LogP contribution < -0.4 is 10.2 Å². The van der Waals surface area contributed by atoms with E-state index in [4.69, 9.17) is 4.98 Å². The van der Waals surface area contributed by atoms with Crippen molar-refractivity contribution in [3.63, 3.8) is 0 Å². The van der Waals surface area contributed by atoms with Gasteiger partial charge in [0.25, 0.3) is 0 Å². The van der Waals surface area contributed by atoms with Gasteiger partial charge in [0.1, 0.15) is 17.5 Å². The van der Waals surface area contributed by atoms with Crippen molar-refractivity contribution in [1.29, 1.82) is 0 Å². The molecule has 110 valence electrons. The number of hydrogen-bond acceptors (Lipinski definition) is 4. The van der Waals surface area contributed by atoms with Gasteiger partial charge in [0.15, 0.2) is 0 Å². The lowest BCUT2D eigenvalue weighted by molar-refractivity contribution is 0.341. The first-order valence-electron chi connectivity index (χ1n) is 8.02. The summed E-state index contributed by atoms with van der Waals surface area (Å²) < 4.78 is 0. The molecule has 2 heterocycles. The maximum atomic E-state index is 4.83. The maximum absolute atomic E-state index is 4.83. The summed E-state index contributed by atoms with van der Waals surface area (Å²) in [5.41, 5.74) is 0. The van der Waals surface area contributed by atoms with E-state index in [2.05, 4.69) is 35.1 Å². The Hall–Kier alpha value is -1.32. The molecule has 4 nitrogen and oxygen atoms in total. The summed E-state index contributed by atoms with van der Waals surface area (Å²) in [5, 5.41) is 3.18. The molecule has 0 spiro atoms. The quantitative estimate of drug-likeness (QED) is 0.917. The Labute approximate surface area is 122 Å². The SMILES string of the molecule is CNc1cc(N2CCC3CCCCC32)nc(C(C)C)n1. The number of nitrogens with zero attached hydrogens (tertiary/aromatic N) is 3. The van der Waals surface area contributed by atoms with Crippen molar-refractivity contribution >= 4 is 11.6 Å². The second-order valence-corrected chi connectivity index (χ2v) is 6.47. The topological polar surface area (TPSA) is 41.0 Å². The maximum Gasteiger partial charge on any atom is 0.135 e. The van der Waals surface area contributed by atoms with Gasteiger partial charge in [-0.15, -0.1) is 0 Å². The molecule has 1 aliphatic carbocycles. The van der Waals surface area contributed by atoms with Crippen LogP contribution in [0, 0.1) is 5.92 Å². The Morgan fingerprint density at radius 3 is 2.75 bits per heavy atom. The van der Waals surface area contributed by atoms with Crippen molar-refractivity contribution in [2.75, 3.05) is 23.8 Å². The summed E-state index contributed by atoms with van der Waals surface area (Å²) in [6.07, 6.45) is 6.86. The highest BCUT2D eigenvalue weighted by Gasteiger charge is 2.36. The third-order valence-corrected chi connectivity index (χ3v) is 4.81. The first kappa shape index (κ1) is 13.7. The predicted molar refractivity (Wildman–Crippen MR) is 83.4 cm³/mol. The molecule has 1 aromatic heterocycles. The summed E-state index contributed by atoms with van der Waals surface area (Å²) in [4.78, 5) is 11.9. The van der Waals surface area contributed by atoms with Gasteiger partial charge in [-0.25, -0.2) is 9.97 Å². The number of aromatic nitrogens is 2. The van der Waals surface area contributed by atoms with E-state index in [0.717, 1.165) is 29.9 Å². The molecule has 0 bridgehead atoms. The zero-order valence-electron chi connectivity index (χ0n) is 12.9. The van der Waals surface area contributed by atoms with E-state index in [9.17, 15) is 0 Å².